The number of rotatable bonds is 4. The molecule has 0 aliphatic rings. The van der Waals surface area contributed by atoms with Crippen LogP contribution in [0.5, 0.6) is 0 Å². The van der Waals surface area contributed by atoms with E-state index in [0.29, 0.717) is 0 Å². The van der Waals surface area contributed by atoms with Crippen LogP contribution in [0.15, 0.2) is 30.3 Å². The van der Waals surface area contributed by atoms with E-state index in [-0.39, 0.29) is 5.56 Å². The second kappa shape index (κ2) is 6.15. The van der Waals surface area contributed by atoms with Crippen molar-refractivity contribution in [3.63, 3.8) is 0 Å². The summed E-state index contributed by atoms with van der Waals surface area (Å²) in [5.41, 5.74) is -0.830. The first kappa shape index (κ1) is 16.0. The van der Waals surface area contributed by atoms with Gasteiger partial charge in [0.2, 0.25) is 0 Å². The zero-order valence-electron chi connectivity index (χ0n) is 11.6. The van der Waals surface area contributed by atoms with Crippen molar-refractivity contribution in [2.45, 2.75) is 25.6 Å². The van der Waals surface area contributed by atoms with E-state index in [0.717, 1.165) is 34.4 Å². The van der Waals surface area contributed by atoms with Gasteiger partial charge in [0.05, 0.1) is 11.6 Å². The van der Waals surface area contributed by atoms with Crippen LogP contribution in [0.3, 0.4) is 0 Å². The summed E-state index contributed by atoms with van der Waals surface area (Å²) in [6.45, 7) is 1.99. The summed E-state index contributed by atoms with van der Waals surface area (Å²) < 4.78 is 52.3. The lowest BCUT2D eigenvalue weighted by atomic mass is 10.0. The van der Waals surface area contributed by atoms with E-state index in [1.165, 1.54) is 11.3 Å². The van der Waals surface area contributed by atoms with Gasteiger partial charge in [0.15, 0.2) is 0 Å². The number of hydrogen-bond donors (Lipinski definition) is 1. The molecule has 0 fully saturated rings. The third-order valence-electron chi connectivity index (χ3n) is 3.24. The van der Waals surface area contributed by atoms with E-state index in [9.17, 15) is 17.6 Å². The number of thiophene rings is 1. The highest BCUT2D eigenvalue weighted by molar-refractivity contribution is 7.12. The lowest BCUT2D eigenvalue weighted by Crippen LogP contribution is -2.19. The molecule has 0 bridgehead atoms. The molecule has 0 spiro atoms. The molecule has 0 radical (unpaired) electrons. The Kier molecular flexibility index (Phi) is 4.68. The fourth-order valence-corrected chi connectivity index (χ4v) is 3.21. The van der Waals surface area contributed by atoms with Crippen LogP contribution in [0.25, 0.3) is 0 Å². The van der Waals surface area contributed by atoms with E-state index in [1.54, 1.807) is 7.05 Å². The molecule has 0 amide bonds. The molecule has 0 saturated heterocycles. The number of hydrogen-bond acceptors (Lipinski definition) is 2. The molecule has 1 N–H and O–H groups in total. The largest absolute Gasteiger partial charge is 0.416 e. The number of aryl methyl sites for hydroxylation is 1. The van der Waals surface area contributed by atoms with Gasteiger partial charge in [0.1, 0.15) is 5.82 Å². The maximum Gasteiger partial charge on any atom is 0.416 e. The Labute approximate surface area is 124 Å². The van der Waals surface area contributed by atoms with Crippen molar-refractivity contribution in [1.82, 2.24) is 5.32 Å². The Morgan fingerprint density at radius 3 is 2.43 bits per heavy atom. The Morgan fingerprint density at radius 1 is 1.19 bits per heavy atom. The molecule has 114 valence electrons. The van der Waals surface area contributed by atoms with Crippen LogP contribution in [-0.2, 0) is 12.6 Å². The molecule has 1 aromatic carbocycles. The van der Waals surface area contributed by atoms with Gasteiger partial charge < -0.3 is 5.32 Å². The fourth-order valence-electron chi connectivity index (χ4n) is 2.13. The van der Waals surface area contributed by atoms with Gasteiger partial charge in [-0.3, -0.25) is 0 Å². The summed E-state index contributed by atoms with van der Waals surface area (Å²) in [5, 5.41) is 2.89. The first-order chi connectivity index (χ1) is 9.86. The smallest absolute Gasteiger partial charge is 0.309 e. The van der Waals surface area contributed by atoms with E-state index in [1.807, 2.05) is 19.1 Å². The molecule has 21 heavy (non-hydrogen) atoms. The van der Waals surface area contributed by atoms with Crippen LogP contribution in [0.2, 0.25) is 0 Å². The molecule has 0 aliphatic carbocycles. The highest BCUT2D eigenvalue weighted by Crippen LogP contribution is 2.35. The molecule has 1 aromatic heterocycles. The second-order valence-electron chi connectivity index (χ2n) is 4.61. The Hall–Kier alpha value is -1.40. The topological polar surface area (TPSA) is 12.0 Å². The third kappa shape index (κ3) is 3.44. The van der Waals surface area contributed by atoms with Crippen molar-refractivity contribution in [2.24, 2.45) is 0 Å². The van der Waals surface area contributed by atoms with E-state index in [2.05, 4.69) is 5.32 Å². The third-order valence-corrected chi connectivity index (χ3v) is 4.53. The predicted molar refractivity (Wildman–Crippen MR) is 76.0 cm³/mol. The molecule has 1 heterocycles. The molecule has 2 aromatic rings. The van der Waals surface area contributed by atoms with Crippen LogP contribution < -0.4 is 5.32 Å². The average molecular weight is 317 g/mol. The first-order valence-corrected chi connectivity index (χ1v) is 7.31. The SMILES string of the molecule is CCc1ccc(C(NC)c2cc(C(F)(F)F)ccc2F)s1. The van der Waals surface area contributed by atoms with E-state index < -0.39 is 23.6 Å². The van der Waals surface area contributed by atoms with Crippen LogP contribution in [0.4, 0.5) is 17.6 Å². The Bertz CT molecular complexity index is 618. The molecule has 0 aliphatic heterocycles. The van der Waals surface area contributed by atoms with Crippen LogP contribution in [0.1, 0.15) is 33.8 Å². The zero-order valence-corrected chi connectivity index (χ0v) is 12.4. The van der Waals surface area contributed by atoms with Crippen molar-refractivity contribution in [3.8, 4) is 0 Å². The molecule has 2 rings (SSSR count). The van der Waals surface area contributed by atoms with Crippen molar-refractivity contribution in [3.05, 3.63) is 57.0 Å². The summed E-state index contributed by atoms with van der Waals surface area (Å²) in [7, 11) is 1.61. The summed E-state index contributed by atoms with van der Waals surface area (Å²) >= 11 is 1.47. The van der Waals surface area contributed by atoms with Gasteiger partial charge in [-0.1, -0.05) is 6.92 Å². The normalized spacial score (nSPS) is 13.4. The van der Waals surface area contributed by atoms with Crippen molar-refractivity contribution in [1.29, 1.82) is 0 Å². The average Bonchev–Trinajstić information content (AvgIpc) is 2.89. The maximum atomic E-state index is 14.0. The van der Waals surface area contributed by atoms with E-state index >= 15 is 0 Å². The minimum Gasteiger partial charge on any atom is -0.309 e. The number of alkyl halides is 3. The van der Waals surface area contributed by atoms with Gasteiger partial charge >= 0.3 is 6.18 Å². The number of benzene rings is 1. The van der Waals surface area contributed by atoms with Crippen LogP contribution >= 0.6 is 11.3 Å². The Morgan fingerprint density at radius 2 is 1.90 bits per heavy atom. The minimum atomic E-state index is -4.48. The quantitative estimate of drug-likeness (QED) is 0.800. The van der Waals surface area contributed by atoms with Gasteiger partial charge in [0, 0.05) is 15.3 Å². The molecule has 6 heteroatoms. The van der Waals surface area contributed by atoms with Crippen molar-refractivity contribution >= 4 is 11.3 Å². The lowest BCUT2D eigenvalue weighted by Gasteiger charge is -2.18. The van der Waals surface area contributed by atoms with Gasteiger partial charge in [-0.05, 0) is 43.8 Å². The van der Waals surface area contributed by atoms with Crippen LogP contribution in [0, 0.1) is 5.82 Å². The fraction of sp³-hybridized carbons (Fsp3) is 0.333. The summed E-state index contributed by atoms with van der Waals surface area (Å²) in [4.78, 5) is 1.91. The molecular formula is C15H15F4NS. The van der Waals surface area contributed by atoms with Crippen molar-refractivity contribution < 1.29 is 17.6 Å². The predicted octanol–water partition coefficient (Wildman–Crippen LogP) is 4.78. The lowest BCUT2D eigenvalue weighted by molar-refractivity contribution is -0.137. The molecule has 1 nitrogen and oxygen atoms in total. The van der Waals surface area contributed by atoms with Crippen molar-refractivity contribution in [2.75, 3.05) is 7.05 Å². The monoisotopic (exact) mass is 317 g/mol. The van der Waals surface area contributed by atoms with Gasteiger partial charge in [0.25, 0.3) is 0 Å². The standard InChI is InChI=1S/C15H15F4NS/c1-3-10-5-7-13(21-10)14(20-2)11-8-9(15(17,18)19)4-6-12(11)16/h4-8,14,20H,3H2,1-2H3. The summed E-state index contributed by atoms with van der Waals surface area (Å²) in [6.07, 6.45) is -3.64. The number of halogens is 4. The zero-order chi connectivity index (χ0) is 15.6. The molecular weight excluding hydrogens is 302 g/mol. The van der Waals surface area contributed by atoms with Gasteiger partial charge in [-0.2, -0.15) is 13.2 Å². The molecule has 1 atom stereocenters. The van der Waals surface area contributed by atoms with Gasteiger partial charge in [-0.25, -0.2) is 4.39 Å². The maximum absolute atomic E-state index is 14.0. The minimum absolute atomic E-state index is 0.0110. The second-order valence-corrected chi connectivity index (χ2v) is 5.81. The molecule has 1 unspecified atom stereocenters. The first-order valence-electron chi connectivity index (χ1n) is 6.49. The van der Waals surface area contributed by atoms with E-state index in [4.69, 9.17) is 0 Å². The number of nitrogens with one attached hydrogen (secondary N) is 1. The molecule has 0 saturated carbocycles. The Balaban J connectivity index is 2.46. The van der Waals surface area contributed by atoms with Crippen LogP contribution in [-0.4, -0.2) is 7.05 Å². The highest BCUT2D eigenvalue weighted by atomic mass is 32.1. The summed E-state index contributed by atoms with van der Waals surface area (Å²) in [5.74, 6) is -0.645. The summed E-state index contributed by atoms with van der Waals surface area (Å²) in [6, 6.07) is 5.66. The highest BCUT2D eigenvalue weighted by Gasteiger charge is 2.32. The van der Waals surface area contributed by atoms with Gasteiger partial charge in [-0.15, -0.1) is 11.3 Å².